The first kappa shape index (κ1) is 9.60. The van der Waals surface area contributed by atoms with Crippen molar-refractivity contribution in [1.82, 2.24) is 0 Å². The number of nitroso groups, excluding NO2 is 1. The van der Waals surface area contributed by atoms with E-state index in [1.807, 2.05) is 0 Å². The summed E-state index contributed by atoms with van der Waals surface area (Å²) < 4.78 is 0. The van der Waals surface area contributed by atoms with Gasteiger partial charge in [-0.2, -0.15) is 4.91 Å². The fourth-order valence-corrected chi connectivity index (χ4v) is 1.06. The normalized spacial score (nSPS) is 9.62. The van der Waals surface area contributed by atoms with E-state index in [4.69, 9.17) is 11.6 Å². The van der Waals surface area contributed by atoms with Crippen molar-refractivity contribution in [3.63, 3.8) is 0 Å². The fraction of sp³-hybridized carbons (Fsp3) is 0.143. The van der Waals surface area contributed by atoms with Gasteiger partial charge in [0.1, 0.15) is 11.6 Å². The highest BCUT2D eigenvalue weighted by atomic mass is 35.5. The quantitative estimate of drug-likeness (QED) is 0.428. The van der Waals surface area contributed by atoms with Crippen LogP contribution in [0, 0.1) is 15.0 Å². The lowest BCUT2D eigenvalue weighted by Crippen LogP contribution is -1.91. The Morgan fingerprint density at radius 3 is 2.77 bits per heavy atom. The molecule has 0 radical (unpaired) electrons. The Morgan fingerprint density at radius 1 is 1.54 bits per heavy atom. The minimum atomic E-state index is -0.601. The molecule has 6 heteroatoms. The van der Waals surface area contributed by atoms with Crippen LogP contribution in [0.2, 0.25) is 5.02 Å². The maximum atomic E-state index is 10.4. The second kappa shape index (κ2) is 3.95. The summed E-state index contributed by atoms with van der Waals surface area (Å²) in [6.07, 6.45) is 0. The monoisotopic (exact) mass is 200 g/mol. The summed E-state index contributed by atoms with van der Waals surface area (Å²) in [5, 5.41) is 13.1. The number of halogens is 1. The van der Waals surface area contributed by atoms with Gasteiger partial charge in [-0.15, -0.1) is 0 Å². The number of nitrogens with zero attached hydrogens (tertiary/aromatic N) is 2. The van der Waals surface area contributed by atoms with Gasteiger partial charge < -0.3 is 0 Å². The third-order valence-corrected chi connectivity index (χ3v) is 1.77. The summed E-state index contributed by atoms with van der Waals surface area (Å²) in [5.74, 6) is 0. The van der Waals surface area contributed by atoms with Crippen molar-refractivity contribution in [3.05, 3.63) is 43.8 Å². The number of nitro benzene ring substituents is 1. The standard InChI is InChI=1S/C7H5ClN2O3/c8-6-2-1-5(4-9-11)3-7(6)10(12)13/h1-3H,4H2. The number of rotatable bonds is 3. The van der Waals surface area contributed by atoms with Crippen molar-refractivity contribution >= 4 is 17.3 Å². The number of benzene rings is 1. The molecule has 0 bridgehead atoms. The third-order valence-electron chi connectivity index (χ3n) is 1.45. The Morgan fingerprint density at radius 2 is 2.23 bits per heavy atom. The van der Waals surface area contributed by atoms with Crippen LogP contribution >= 0.6 is 11.6 Å². The van der Waals surface area contributed by atoms with E-state index in [2.05, 4.69) is 5.18 Å². The number of nitro groups is 1. The van der Waals surface area contributed by atoms with E-state index >= 15 is 0 Å². The summed E-state index contributed by atoms with van der Waals surface area (Å²) >= 11 is 5.54. The number of hydrogen-bond donors (Lipinski definition) is 0. The Bertz CT molecular complexity index is 354. The molecular formula is C7H5ClN2O3. The zero-order valence-corrected chi connectivity index (χ0v) is 7.19. The highest BCUT2D eigenvalue weighted by Crippen LogP contribution is 2.25. The summed E-state index contributed by atoms with van der Waals surface area (Å²) in [7, 11) is 0. The van der Waals surface area contributed by atoms with Crippen LogP contribution in [0.1, 0.15) is 5.56 Å². The summed E-state index contributed by atoms with van der Waals surface area (Å²) in [5.41, 5.74) is 0.272. The lowest BCUT2D eigenvalue weighted by atomic mass is 10.2. The number of hydrogen-bond acceptors (Lipinski definition) is 4. The van der Waals surface area contributed by atoms with Gasteiger partial charge in [-0.25, -0.2) is 0 Å². The minimum Gasteiger partial charge on any atom is -0.258 e. The lowest BCUT2D eigenvalue weighted by molar-refractivity contribution is -0.384. The Hall–Kier alpha value is -1.49. The van der Waals surface area contributed by atoms with Crippen molar-refractivity contribution in [2.24, 2.45) is 5.18 Å². The molecule has 0 saturated heterocycles. The van der Waals surface area contributed by atoms with Crippen molar-refractivity contribution in [3.8, 4) is 0 Å². The largest absolute Gasteiger partial charge is 0.288 e. The van der Waals surface area contributed by atoms with Crippen LogP contribution in [0.3, 0.4) is 0 Å². The molecule has 1 aromatic carbocycles. The fourth-order valence-electron chi connectivity index (χ4n) is 0.871. The van der Waals surface area contributed by atoms with Gasteiger partial charge in [0.15, 0.2) is 0 Å². The predicted octanol–water partition coefficient (Wildman–Crippen LogP) is 2.51. The smallest absolute Gasteiger partial charge is 0.258 e. The second-order valence-corrected chi connectivity index (χ2v) is 2.74. The first-order valence-corrected chi connectivity index (χ1v) is 3.75. The van der Waals surface area contributed by atoms with Gasteiger partial charge in [-0.3, -0.25) is 10.1 Å². The van der Waals surface area contributed by atoms with Crippen LogP contribution in [0.4, 0.5) is 5.69 Å². The van der Waals surface area contributed by atoms with Crippen LogP contribution < -0.4 is 0 Å². The summed E-state index contributed by atoms with van der Waals surface area (Å²) in [6, 6.07) is 4.14. The first-order valence-electron chi connectivity index (χ1n) is 3.37. The molecule has 0 atom stereocenters. The van der Waals surface area contributed by atoms with E-state index in [0.29, 0.717) is 5.56 Å². The van der Waals surface area contributed by atoms with E-state index < -0.39 is 4.92 Å². The average Bonchev–Trinajstić information content (AvgIpc) is 2.08. The van der Waals surface area contributed by atoms with Gasteiger partial charge in [0.25, 0.3) is 5.69 Å². The third kappa shape index (κ3) is 2.22. The molecule has 1 rings (SSSR count). The van der Waals surface area contributed by atoms with Crippen molar-refractivity contribution < 1.29 is 4.92 Å². The molecule has 13 heavy (non-hydrogen) atoms. The van der Waals surface area contributed by atoms with Crippen LogP contribution in [0.25, 0.3) is 0 Å². The minimum absolute atomic E-state index is 0.0552. The molecule has 0 saturated carbocycles. The van der Waals surface area contributed by atoms with E-state index in [0.717, 1.165) is 0 Å². The Kier molecular flexibility index (Phi) is 2.92. The molecule has 0 unspecified atom stereocenters. The molecule has 0 spiro atoms. The van der Waals surface area contributed by atoms with E-state index in [-0.39, 0.29) is 17.3 Å². The van der Waals surface area contributed by atoms with Gasteiger partial charge >= 0.3 is 0 Å². The van der Waals surface area contributed by atoms with Gasteiger partial charge in [0.05, 0.1) is 4.92 Å². The van der Waals surface area contributed by atoms with Crippen molar-refractivity contribution in [2.45, 2.75) is 6.54 Å². The maximum Gasteiger partial charge on any atom is 0.288 e. The molecule has 0 heterocycles. The molecule has 0 aliphatic carbocycles. The van der Waals surface area contributed by atoms with Crippen LogP contribution in [-0.4, -0.2) is 4.92 Å². The lowest BCUT2D eigenvalue weighted by Gasteiger charge is -1.96. The predicted molar refractivity (Wildman–Crippen MR) is 47.6 cm³/mol. The SMILES string of the molecule is O=NCc1ccc(Cl)c([N+](=O)[O-])c1. The van der Waals surface area contributed by atoms with Crippen molar-refractivity contribution in [2.75, 3.05) is 0 Å². The van der Waals surface area contributed by atoms with Crippen LogP contribution in [-0.2, 0) is 6.54 Å². The van der Waals surface area contributed by atoms with E-state index in [9.17, 15) is 15.0 Å². The molecule has 0 N–H and O–H groups in total. The van der Waals surface area contributed by atoms with Crippen LogP contribution in [0.5, 0.6) is 0 Å². The molecule has 0 aliphatic heterocycles. The molecule has 0 amide bonds. The van der Waals surface area contributed by atoms with Gasteiger partial charge in [-0.05, 0) is 11.6 Å². The Balaban J connectivity index is 3.10. The van der Waals surface area contributed by atoms with E-state index in [1.165, 1.54) is 18.2 Å². The maximum absolute atomic E-state index is 10.4. The van der Waals surface area contributed by atoms with Gasteiger partial charge in [-0.1, -0.05) is 22.8 Å². The zero-order chi connectivity index (χ0) is 9.84. The molecule has 5 nitrogen and oxygen atoms in total. The molecule has 1 aromatic rings. The topological polar surface area (TPSA) is 72.6 Å². The molecule has 0 fully saturated rings. The second-order valence-electron chi connectivity index (χ2n) is 2.33. The zero-order valence-electron chi connectivity index (χ0n) is 6.44. The molecule has 68 valence electrons. The molecular weight excluding hydrogens is 196 g/mol. The van der Waals surface area contributed by atoms with Gasteiger partial charge in [0, 0.05) is 6.07 Å². The van der Waals surface area contributed by atoms with Crippen molar-refractivity contribution in [1.29, 1.82) is 0 Å². The highest BCUT2D eigenvalue weighted by Gasteiger charge is 2.12. The first-order chi connectivity index (χ1) is 6.15. The summed E-state index contributed by atoms with van der Waals surface area (Å²) in [6.45, 7) is -0.0853. The summed E-state index contributed by atoms with van der Waals surface area (Å²) in [4.78, 5) is 19.7. The Labute approximate surface area is 78.4 Å². The average molecular weight is 201 g/mol. The highest BCUT2D eigenvalue weighted by molar-refractivity contribution is 6.32. The molecule has 0 aromatic heterocycles. The molecule has 0 aliphatic rings. The van der Waals surface area contributed by atoms with Gasteiger partial charge in [0.2, 0.25) is 0 Å². The van der Waals surface area contributed by atoms with Crippen LogP contribution in [0.15, 0.2) is 23.4 Å². The van der Waals surface area contributed by atoms with E-state index in [1.54, 1.807) is 0 Å².